The first-order valence-corrected chi connectivity index (χ1v) is 4.27. The Kier molecular flexibility index (Phi) is 3.63. The normalized spacial score (nSPS) is 46.4. The Morgan fingerprint density at radius 3 is 2.38 bits per heavy atom. The number of methoxy groups -OCH3 is 1. The molecule has 78 valence electrons. The van der Waals surface area contributed by atoms with E-state index in [9.17, 15) is 10.2 Å². The molecular weight excluding hydrogens is 176 g/mol. The number of ether oxygens (including phenoxy) is 2. The Morgan fingerprint density at radius 2 is 1.92 bits per heavy atom. The average Bonchev–Trinajstić information content (AvgIpc) is 2.13. The lowest BCUT2D eigenvalue weighted by Gasteiger charge is -2.40. The van der Waals surface area contributed by atoms with Crippen molar-refractivity contribution >= 4 is 0 Å². The molecule has 0 bridgehead atoms. The highest BCUT2D eigenvalue weighted by Gasteiger charge is 2.42. The van der Waals surface area contributed by atoms with Crippen LogP contribution in [0.3, 0.4) is 0 Å². The van der Waals surface area contributed by atoms with Crippen molar-refractivity contribution < 1.29 is 24.8 Å². The Hall–Kier alpha value is -0.200. The van der Waals surface area contributed by atoms with E-state index < -0.39 is 30.5 Å². The van der Waals surface area contributed by atoms with Crippen LogP contribution in [-0.4, -0.2) is 59.6 Å². The number of hydrogen-bond donors (Lipinski definition) is 3. The van der Waals surface area contributed by atoms with Crippen LogP contribution in [0.2, 0.25) is 0 Å². The van der Waals surface area contributed by atoms with Crippen LogP contribution in [0.4, 0.5) is 0 Å². The van der Waals surface area contributed by atoms with E-state index in [1.165, 1.54) is 7.11 Å². The minimum absolute atomic E-state index is 0.230. The highest BCUT2D eigenvalue weighted by molar-refractivity contribution is 4.91. The van der Waals surface area contributed by atoms with Crippen LogP contribution < -0.4 is 0 Å². The van der Waals surface area contributed by atoms with E-state index in [0.717, 1.165) is 0 Å². The standard InChI is InChI=1S/C8H16O5/c1-4-6(10)7(11)8(12-2)5(3-9)13-4/h4-11H,3H2,1-2H3/t4?,5?,6?,7-,8+/m1/s1. The zero-order valence-corrected chi connectivity index (χ0v) is 7.75. The van der Waals surface area contributed by atoms with E-state index in [1.54, 1.807) is 6.92 Å². The first-order chi connectivity index (χ1) is 6.11. The molecule has 5 heteroatoms. The predicted octanol–water partition coefficient (Wildman–Crippen LogP) is -1.50. The SMILES string of the molecule is CO[C@H]1C(CO)OC(C)C(O)[C@H]1O. The van der Waals surface area contributed by atoms with Gasteiger partial charge in [-0.1, -0.05) is 0 Å². The third-order valence-electron chi connectivity index (χ3n) is 2.38. The van der Waals surface area contributed by atoms with Crippen LogP contribution >= 0.6 is 0 Å². The van der Waals surface area contributed by atoms with Crippen LogP contribution in [0.25, 0.3) is 0 Å². The summed E-state index contributed by atoms with van der Waals surface area (Å²) in [6, 6.07) is 0. The quantitative estimate of drug-likeness (QED) is 0.496. The number of hydrogen-bond acceptors (Lipinski definition) is 5. The number of rotatable bonds is 2. The molecule has 3 unspecified atom stereocenters. The second-order valence-electron chi connectivity index (χ2n) is 3.24. The summed E-state index contributed by atoms with van der Waals surface area (Å²) < 4.78 is 10.2. The fourth-order valence-electron chi connectivity index (χ4n) is 1.56. The van der Waals surface area contributed by atoms with Gasteiger partial charge in [-0.2, -0.15) is 0 Å². The first kappa shape index (κ1) is 10.9. The second-order valence-corrected chi connectivity index (χ2v) is 3.24. The van der Waals surface area contributed by atoms with Crippen molar-refractivity contribution in [2.45, 2.75) is 37.4 Å². The molecule has 1 aliphatic heterocycles. The monoisotopic (exact) mass is 192 g/mol. The summed E-state index contributed by atoms with van der Waals surface area (Å²) in [7, 11) is 1.41. The van der Waals surface area contributed by atoms with Gasteiger partial charge in [-0.05, 0) is 6.92 Å². The molecule has 13 heavy (non-hydrogen) atoms. The third-order valence-corrected chi connectivity index (χ3v) is 2.38. The Balaban J connectivity index is 2.69. The number of aliphatic hydroxyl groups excluding tert-OH is 3. The number of aliphatic hydroxyl groups is 3. The smallest absolute Gasteiger partial charge is 0.114 e. The molecule has 1 heterocycles. The summed E-state index contributed by atoms with van der Waals surface area (Å²) in [4.78, 5) is 0. The highest BCUT2D eigenvalue weighted by Crippen LogP contribution is 2.22. The summed E-state index contributed by atoms with van der Waals surface area (Å²) in [5.74, 6) is 0. The molecule has 0 radical (unpaired) electrons. The summed E-state index contributed by atoms with van der Waals surface area (Å²) >= 11 is 0. The molecule has 5 atom stereocenters. The summed E-state index contributed by atoms with van der Waals surface area (Å²) in [5.41, 5.74) is 0. The fourth-order valence-corrected chi connectivity index (χ4v) is 1.56. The fraction of sp³-hybridized carbons (Fsp3) is 1.00. The molecule has 1 rings (SSSR count). The Labute approximate surface area is 76.9 Å². The van der Waals surface area contributed by atoms with Crippen LogP contribution in [0.15, 0.2) is 0 Å². The van der Waals surface area contributed by atoms with Crippen molar-refractivity contribution in [1.82, 2.24) is 0 Å². The Bertz CT molecular complexity index is 161. The van der Waals surface area contributed by atoms with Gasteiger partial charge in [0.15, 0.2) is 0 Å². The van der Waals surface area contributed by atoms with Gasteiger partial charge in [-0.3, -0.25) is 0 Å². The van der Waals surface area contributed by atoms with Crippen LogP contribution in [0, 0.1) is 0 Å². The molecule has 1 aliphatic rings. The largest absolute Gasteiger partial charge is 0.394 e. The highest BCUT2D eigenvalue weighted by atomic mass is 16.6. The van der Waals surface area contributed by atoms with Crippen molar-refractivity contribution in [2.24, 2.45) is 0 Å². The van der Waals surface area contributed by atoms with Gasteiger partial charge in [0.05, 0.1) is 12.7 Å². The van der Waals surface area contributed by atoms with Gasteiger partial charge in [0.25, 0.3) is 0 Å². The van der Waals surface area contributed by atoms with E-state index in [0.29, 0.717) is 0 Å². The first-order valence-electron chi connectivity index (χ1n) is 4.27. The van der Waals surface area contributed by atoms with Crippen molar-refractivity contribution in [3.05, 3.63) is 0 Å². The van der Waals surface area contributed by atoms with Crippen LogP contribution in [-0.2, 0) is 9.47 Å². The summed E-state index contributed by atoms with van der Waals surface area (Å²) in [6.45, 7) is 1.41. The zero-order valence-electron chi connectivity index (χ0n) is 7.75. The molecule has 5 nitrogen and oxygen atoms in total. The maximum absolute atomic E-state index is 9.54. The van der Waals surface area contributed by atoms with Gasteiger partial charge in [0.2, 0.25) is 0 Å². The van der Waals surface area contributed by atoms with E-state index in [1.807, 2.05) is 0 Å². The van der Waals surface area contributed by atoms with Gasteiger partial charge in [-0.25, -0.2) is 0 Å². The third kappa shape index (κ3) is 2.00. The summed E-state index contributed by atoms with van der Waals surface area (Å²) in [5, 5.41) is 27.9. The molecular formula is C8H16O5. The molecule has 0 aromatic rings. The molecule has 3 N–H and O–H groups in total. The van der Waals surface area contributed by atoms with Gasteiger partial charge >= 0.3 is 0 Å². The van der Waals surface area contributed by atoms with E-state index in [4.69, 9.17) is 14.6 Å². The zero-order chi connectivity index (χ0) is 10.0. The van der Waals surface area contributed by atoms with E-state index in [2.05, 4.69) is 0 Å². The predicted molar refractivity (Wildman–Crippen MR) is 44.2 cm³/mol. The molecule has 0 spiro atoms. The minimum Gasteiger partial charge on any atom is -0.394 e. The van der Waals surface area contributed by atoms with Gasteiger partial charge in [-0.15, -0.1) is 0 Å². The van der Waals surface area contributed by atoms with E-state index in [-0.39, 0.29) is 6.61 Å². The second kappa shape index (κ2) is 4.34. The topological polar surface area (TPSA) is 79.2 Å². The van der Waals surface area contributed by atoms with Crippen molar-refractivity contribution in [3.8, 4) is 0 Å². The van der Waals surface area contributed by atoms with Crippen molar-refractivity contribution in [2.75, 3.05) is 13.7 Å². The van der Waals surface area contributed by atoms with E-state index >= 15 is 0 Å². The van der Waals surface area contributed by atoms with Crippen LogP contribution in [0.1, 0.15) is 6.92 Å². The van der Waals surface area contributed by atoms with Gasteiger partial charge in [0.1, 0.15) is 24.4 Å². The molecule has 0 aromatic carbocycles. The molecule has 0 aromatic heterocycles. The Morgan fingerprint density at radius 1 is 1.31 bits per heavy atom. The lowest BCUT2D eigenvalue weighted by Crippen LogP contribution is -2.58. The lowest BCUT2D eigenvalue weighted by atomic mass is 9.96. The molecule has 1 fully saturated rings. The average molecular weight is 192 g/mol. The molecule has 0 amide bonds. The van der Waals surface area contributed by atoms with Crippen LogP contribution in [0.5, 0.6) is 0 Å². The maximum atomic E-state index is 9.54. The van der Waals surface area contributed by atoms with Crippen molar-refractivity contribution in [1.29, 1.82) is 0 Å². The minimum atomic E-state index is -1.01. The van der Waals surface area contributed by atoms with Gasteiger partial charge in [0, 0.05) is 7.11 Å². The molecule has 0 aliphatic carbocycles. The maximum Gasteiger partial charge on any atom is 0.114 e. The lowest BCUT2D eigenvalue weighted by molar-refractivity contribution is -0.231. The van der Waals surface area contributed by atoms with Gasteiger partial charge < -0.3 is 24.8 Å². The summed E-state index contributed by atoms with van der Waals surface area (Å²) in [6.07, 6.45) is -3.70. The van der Waals surface area contributed by atoms with Crippen molar-refractivity contribution in [3.63, 3.8) is 0 Å². The molecule has 1 saturated heterocycles. The molecule has 0 saturated carbocycles.